The second-order valence-electron chi connectivity index (χ2n) is 5.63. The first kappa shape index (κ1) is 19.8. The Kier molecular flexibility index (Phi) is 6.77. The van der Waals surface area contributed by atoms with Gasteiger partial charge in [0.1, 0.15) is 11.5 Å². The van der Waals surface area contributed by atoms with Crippen LogP contribution in [0, 0.1) is 0 Å². The highest BCUT2D eigenvalue weighted by Gasteiger charge is 2.06. The van der Waals surface area contributed by atoms with Crippen molar-refractivity contribution in [3.63, 3.8) is 0 Å². The molecule has 0 aromatic heterocycles. The lowest BCUT2D eigenvalue weighted by Gasteiger charge is -2.03. The lowest BCUT2D eigenvalue weighted by Crippen LogP contribution is -2.01. The summed E-state index contributed by atoms with van der Waals surface area (Å²) >= 11 is 0. The number of ether oxygens (including phenoxy) is 2. The number of allylic oxidation sites excluding steroid dienone is 2. The zero-order valence-electron chi connectivity index (χ0n) is 15.0. The Balaban J connectivity index is 1.98. The third-order valence-electron chi connectivity index (χ3n) is 3.70. The van der Waals surface area contributed by atoms with E-state index in [1.165, 1.54) is 50.7 Å². The van der Waals surface area contributed by atoms with Gasteiger partial charge in [-0.05, 0) is 54.1 Å². The van der Waals surface area contributed by atoms with Gasteiger partial charge in [-0.25, -0.2) is 0 Å². The smallest absolute Gasteiger partial charge is 0.163 e. The van der Waals surface area contributed by atoms with Gasteiger partial charge in [-0.1, -0.05) is 12.1 Å². The van der Waals surface area contributed by atoms with Crippen molar-refractivity contribution in [2.75, 3.05) is 14.2 Å². The number of ketones is 2. The van der Waals surface area contributed by atoms with Crippen molar-refractivity contribution in [1.29, 1.82) is 0 Å². The Morgan fingerprint density at radius 2 is 1.56 bits per heavy atom. The molecule has 0 amide bonds. The van der Waals surface area contributed by atoms with Crippen molar-refractivity contribution in [3.8, 4) is 23.0 Å². The quantitative estimate of drug-likeness (QED) is 0.548. The van der Waals surface area contributed by atoms with Crippen LogP contribution in [0.15, 0.2) is 48.6 Å². The highest BCUT2D eigenvalue weighted by Crippen LogP contribution is 2.27. The second-order valence-corrected chi connectivity index (χ2v) is 5.63. The number of hydrogen-bond acceptors (Lipinski definition) is 6. The van der Waals surface area contributed by atoms with E-state index in [9.17, 15) is 19.8 Å². The van der Waals surface area contributed by atoms with Gasteiger partial charge in [0.25, 0.3) is 0 Å². The molecule has 0 aliphatic heterocycles. The lowest BCUT2D eigenvalue weighted by molar-refractivity contribution is -0.121. The van der Waals surface area contributed by atoms with Crippen molar-refractivity contribution >= 4 is 23.7 Å². The Bertz CT molecular complexity index is 896. The van der Waals surface area contributed by atoms with Gasteiger partial charge >= 0.3 is 0 Å². The van der Waals surface area contributed by atoms with Crippen molar-refractivity contribution in [1.82, 2.24) is 0 Å². The van der Waals surface area contributed by atoms with Crippen molar-refractivity contribution < 1.29 is 29.3 Å². The van der Waals surface area contributed by atoms with E-state index in [2.05, 4.69) is 0 Å². The molecule has 0 fully saturated rings. The molecule has 0 atom stereocenters. The molecule has 0 saturated heterocycles. The molecule has 2 aromatic rings. The summed E-state index contributed by atoms with van der Waals surface area (Å²) in [6.07, 6.45) is 5.20. The van der Waals surface area contributed by atoms with Crippen LogP contribution in [0.2, 0.25) is 0 Å². The summed E-state index contributed by atoms with van der Waals surface area (Å²) in [6.45, 7) is 0. The van der Waals surface area contributed by atoms with E-state index in [-0.39, 0.29) is 23.7 Å². The first-order valence-electron chi connectivity index (χ1n) is 8.08. The first-order chi connectivity index (χ1) is 12.9. The third-order valence-corrected chi connectivity index (χ3v) is 3.70. The minimum absolute atomic E-state index is 0.00193. The molecule has 2 aromatic carbocycles. The molecule has 0 heterocycles. The number of aromatic hydroxyl groups is 2. The molecule has 0 bridgehead atoms. The molecule has 0 aliphatic carbocycles. The van der Waals surface area contributed by atoms with Crippen LogP contribution in [0.4, 0.5) is 0 Å². The molecule has 0 aliphatic rings. The van der Waals surface area contributed by atoms with Crippen LogP contribution < -0.4 is 9.47 Å². The van der Waals surface area contributed by atoms with Gasteiger partial charge in [0.2, 0.25) is 0 Å². The number of benzene rings is 2. The third kappa shape index (κ3) is 5.74. The fraction of sp³-hybridized carbons (Fsp3) is 0.143. The normalized spacial score (nSPS) is 11.0. The van der Waals surface area contributed by atoms with Gasteiger partial charge in [-0.2, -0.15) is 0 Å². The van der Waals surface area contributed by atoms with Gasteiger partial charge in [0, 0.05) is 5.56 Å². The van der Waals surface area contributed by atoms with Crippen molar-refractivity contribution in [2.24, 2.45) is 0 Å². The second kappa shape index (κ2) is 9.24. The van der Waals surface area contributed by atoms with Crippen LogP contribution in [0.25, 0.3) is 12.2 Å². The molecule has 140 valence electrons. The maximum atomic E-state index is 11.9. The van der Waals surface area contributed by atoms with E-state index in [0.717, 1.165) is 0 Å². The molecule has 0 spiro atoms. The largest absolute Gasteiger partial charge is 0.507 e. The summed E-state index contributed by atoms with van der Waals surface area (Å²) < 4.78 is 10.1. The van der Waals surface area contributed by atoms with E-state index in [0.29, 0.717) is 22.6 Å². The predicted molar refractivity (Wildman–Crippen MR) is 102 cm³/mol. The molecule has 6 heteroatoms. The highest BCUT2D eigenvalue weighted by molar-refractivity contribution is 6.11. The van der Waals surface area contributed by atoms with Gasteiger partial charge in [-0.3, -0.25) is 9.59 Å². The minimum Gasteiger partial charge on any atom is -0.507 e. The number of carbonyl (C=O) groups excluding carboxylic acids is 2. The van der Waals surface area contributed by atoms with Gasteiger partial charge in [0.15, 0.2) is 23.1 Å². The topological polar surface area (TPSA) is 93.1 Å². The van der Waals surface area contributed by atoms with E-state index in [4.69, 9.17) is 9.47 Å². The molecule has 0 radical (unpaired) electrons. The summed E-state index contributed by atoms with van der Waals surface area (Å²) in [4.78, 5) is 23.9. The predicted octanol–water partition coefficient (Wildman–Crippen LogP) is 3.37. The maximum absolute atomic E-state index is 11.9. The number of methoxy groups -OCH3 is 2. The number of carbonyl (C=O) groups is 2. The Morgan fingerprint density at radius 1 is 0.889 bits per heavy atom. The summed E-state index contributed by atoms with van der Waals surface area (Å²) in [5.41, 5.74) is 1.07. The van der Waals surface area contributed by atoms with E-state index in [1.807, 2.05) is 0 Å². The fourth-order valence-corrected chi connectivity index (χ4v) is 2.25. The van der Waals surface area contributed by atoms with Gasteiger partial charge in [-0.15, -0.1) is 0 Å². The fourth-order valence-electron chi connectivity index (χ4n) is 2.25. The zero-order chi connectivity index (χ0) is 19.8. The Labute approximate surface area is 157 Å². The molecular formula is C21H20O6. The average molecular weight is 368 g/mol. The molecule has 2 N–H and O–H groups in total. The summed E-state index contributed by atoms with van der Waals surface area (Å²) in [5.74, 6) is 0.0843. The van der Waals surface area contributed by atoms with Crippen LogP contribution in [0.3, 0.4) is 0 Å². The van der Waals surface area contributed by atoms with Gasteiger partial charge < -0.3 is 19.7 Å². The van der Waals surface area contributed by atoms with Crippen LogP contribution in [0.5, 0.6) is 23.0 Å². The number of hydrogen-bond donors (Lipinski definition) is 2. The number of phenols is 2. The minimum atomic E-state index is -0.393. The first-order valence-corrected chi connectivity index (χ1v) is 8.08. The lowest BCUT2D eigenvalue weighted by atomic mass is 10.1. The standard InChI is InChI=1S/C21H20O6/c1-26-18-8-10-19(24)15(12-18)5-7-17(23)13-16(22)6-3-14-4-9-20(25)21(11-14)27-2/h3-12,24-25H,13H2,1-2H3/b6-3+,7-5+. The zero-order valence-corrected chi connectivity index (χ0v) is 15.0. The van der Waals surface area contributed by atoms with Crippen molar-refractivity contribution in [2.45, 2.75) is 6.42 Å². The van der Waals surface area contributed by atoms with Crippen LogP contribution in [-0.4, -0.2) is 36.0 Å². The maximum Gasteiger partial charge on any atom is 0.163 e. The van der Waals surface area contributed by atoms with Crippen LogP contribution in [0.1, 0.15) is 17.5 Å². The van der Waals surface area contributed by atoms with Crippen LogP contribution in [-0.2, 0) is 9.59 Å². The number of phenolic OH excluding ortho intramolecular Hbond substituents is 2. The molecule has 27 heavy (non-hydrogen) atoms. The number of rotatable bonds is 8. The Morgan fingerprint density at radius 3 is 2.22 bits per heavy atom. The van der Waals surface area contributed by atoms with E-state index in [1.54, 1.807) is 24.3 Å². The summed E-state index contributed by atoms with van der Waals surface area (Å²) in [5, 5.41) is 19.3. The molecule has 6 nitrogen and oxygen atoms in total. The summed E-state index contributed by atoms with van der Waals surface area (Å²) in [6, 6.07) is 9.29. The Hall–Kier alpha value is -3.54. The molecular weight excluding hydrogens is 348 g/mol. The molecule has 0 saturated carbocycles. The SMILES string of the molecule is COc1ccc(O)c(/C=C/C(=O)CC(=O)/C=C/c2ccc(O)c(OC)c2)c1. The van der Waals surface area contributed by atoms with Gasteiger partial charge in [0.05, 0.1) is 20.6 Å². The highest BCUT2D eigenvalue weighted by atomic mass is 16.5. The van der Waals surface area contributed by atoms with E-state index >= 15 is 0 Å². The van der Waals surface area contributed by atoms with Crippen molar-refractivity contribution in [3.05, 3.63) is 59.7 Å². The average Bonchev–Trinajstić information content (AvgIpc) is 2.66. The summed E-state index contributed by atoms with van der Waals surface area (Å²) in [7, 11) is 2.93. The molecule has 2 rings (SSSR count). The molecule has 0 unspecified atom stereocenters. The van der Waals surface area contributed by atoms with E-state index < -0.39 is 5.78 Å². The monoisotopic (exact) mass is 368 g/mol. The van der Waals surface area contributed by atoms with Crippen LogP contribution >= 0.6 is 0 Å².